The highest BCUT2D eigenvalue weighted by Gasteiger charge is 2.45. The zero-order valence-electron chi connectivity index (χ0n) is 16.7. The zero-order chi connectivity index (χ0) is 24.6. The van der Waals surface area contributed by atoms with E-state index in [-0.39, 0.29) is 30.6 Å². The van der Waals surface area contributed by atoms with Crippen LogP contribution in [0.1, 0.15) is 39.2 Å². The van der Waals surface area contributed by atoms with Crippen LogP contribution < -0.4 is 0 Å². The first kappa shape index (κ1) is 24.7. The largest absolute Gasteiger partial charge is 0.497 e. The lowest BCUT2D eigenvalue weighted by molar-refractivity contribution is -0.141. The molecule has 13 heteroatoms. The third kappa shape index (κ3) is 5.34. The van der Waals surface area contributed by atoms with Gasteiger partial charge in [-0.25, -0.2) is 8.42 Å². The van der Waals surface area contributed by atoms with Crippen molar-refractivity contribution in [2.45, 2.75) is 31.1 Å². The number of alkyl halides is 6. The monoisotopic (exact) mass is 494 g/mol. The summed E-state index contributed by atoms with van der Waals surface area (Å²) < 4.78 is 97.8. The van der Waals surface area contributed by atoms with Crippen LogP contribution >= 0.6 is 0 Å². The normalized spacial score (nSPS) is 14.7. The van der Waals surface area contributed by atoms with Crippen molar-refractivity contribution in [3.63, 3.8) is 0 Å². The summed E-state index contributed by atoms with van der Waals surface area (Å²) in [6, 6.07) is 6.29. The number of halogens is 6. The van der Waals surface area contributed by atoms with Gasteiger partial charge in [-0.3, -0.25) is 14.6 Å². The van der Waals surface area contributed by atoms with Crippen molar-refractivity contribution in [2.24, 2.45) is 0 Å². The smallest absolute Gasteiger partial charge is 0.338 e. The van der Waals surface area contributed by atoms with Crippen LogP contribution in [-0.4, -0.2) is 47.8 Å². The van der Waals surface area contributed by atoms with Crippen LogP contribution in [0.4, 0.5) is 26.3 Å². The summed E-state index contributed by atoms with van der Waals surface area (Å²) in [6.07, 6.45) is -4.51. The number of amides is 1. The van der Waals surface area contributed by atoms with E-state index in [0.717, 1.165) is 12.3 Å². The lowest BCUT2D eigenvalue weighted by Crippen LogP contribution is -2.38. The van der Waals surface area contributed by atoms with Gasteiger partial charge in [0.2, 0.25) is 15.7 Å². The van der Waals surface area contributed by atoms with E-state index in [2.05, 4.69) is 4.98 Å². The Kier molecular flexibility index (Phi) is 6.55. The van der Waals surface area contributed by atoms with E-state index in [0.29, 0.717) is 17.2 Å². The van der Waals surface area contributed by atoms with E-state index >= 15 is 0 Å². The van der Waals surface area contributed by atoms with Gasteiger partial charge in [0.25, 0.3) is 0 Å². The van der Waals surface area contributed by atoms with Crippen molar-refractivity contribution in [1.29, 1.82) is 0 Å². The second kappa shape index (κ2) is 8.76. The van der Waals surface area contributed by atoms with Gasteiger partial charge in [-0.2, -0.15) is 26.3 Å². The van der Waals surface area contributed by atoms with Gasteiger partial charge in [0.05, 0.1) is 5.75 Å². The summed E-state index contributed by atoms with van der Waals surface area (Å²) in [5.74, 6) is -2.71. The van der Waals surface area contributed by atoms with Crippen molar-refractivity contribution >= 4 is 21.5 Å². The highest BCUT2D eigenvalue weighted by atomic mass is 32.2. The molecule has 33 heavy (non-hydrogen) atoms. The van der Waals surface area contributed by atoms with Crippen LogP contribution in [-0.2, 0) is 33.8 Å². The Balaban J connectivity index is 1.75. The second-order valence-corrected chi connectivity index (χ2v) is 9.38. The third-order valence-corrected chi connectivity index (χ3v) is 6.56. The molecule has 0 radical (unpaired) electrons. The molecule has 178 valence electrons. The lowest BCUT2D eigenvalue weighted by atomic mass is 9.90. The zero-order valence-corrected chi connectivity index (χ0v) is 17.5. The standard InChI is InChI=1S/C20H16F6N2O4S/c21-19(22,23)16-5-4-12(10-27-16)18(30)15-3-1-2-13-11-28(8-6-14(13)15)17(29)7-9-33(31,32)20(24,25)26/h1-5,10H,6-9,11H2. The average Bonchev–Trinajstić information content (AvgIpc) is 2.75. The maximum atomic E-state index is 12.8. The van der Waals surface area contributed by atoms with E-state index in [9.17, 15) is 44.3 Å². The molecule has 3 rings (SSSR count). The molecular formula is C20H16F6N2O4S. The molecular weight excluding hydrogens is 478 g/mol. The SMILES string of the molecule is O=C(c1ccc(C(F)(F)F)nc1)c1cccc2c1CCN(C(=O)CCS(=O)(=O)C(F)(F)F)C2. The Bertz CT molecular complexity index is 1170. The fourth-order valence-electron chi connectivity index (χ4n) is 3.38. The summed E-state index contributed by atoms with van der Waals surface area (Å²) in [5, 5.41) is 0. The van der Waals surface area contributed by atoms with Crippen LogP contribution in [0.3, 0.4) is 0 Å². The summed E-state index contributed by atoms with van der Waals surface area (Å²) in [6.45, 7) is -0.0138. The van der Waals surface area contributed by atoms with Crippen molar-refractivity contribution in [2.75, 3.05) is 12.3 Å². The first-order valence-electron chi connectivity index (χ1n) is 9.46. The van der Waals surface area contributed by atoms with E-state index in [1.165, 1.54) is 17.0 Å². The number of hydrogen-bond donors (Lipinski definition) is 0. The molecule has 1 aromatic carbocycles. The Hall–Kier alpha value is -2.96. The van der Waals surface area contributed by atoms with Gasteiger partial charge in [0.15, 0.2) is 5.78 Å². The molecule has 2 aromatic rings. The first-order chi connectivity index (χ1) is 15.2. The maximum absolute atomic E-state index is 12.8. The molecule has 0 spiro atoms. The number of carbonyl (C=O) groups excluding carboxylic acids is 2. The van der Waals surface area contributed by atoms with Crippen LogP contribution in [0.15, 0.2) is 36.5 Å². The summed E-state index contributed by atoms with van der Waals surface area (Å²) >= 11 is 0. The number of aromatic nitrogens is 1. The molecule has 0 fully saturated rings. The van der Waals surface area contributed by atoms with Gasteiger partial charge in [-0.1, -0.05) is 18.2 Å². The maximum Gasteiger partial charge on any atom is 0.497 e. The van der Waals surface area contributed by atoms with Gasteiger partial charge in [-0.05, 0) is 29.7 Å². The van der Waals surface area contributed by atoms with Crippen LogP contribution in [0.25, 0.3) is 0 Å². The number of rotatable bonds is 5. The van der Waals surface area contributed by atoms with Crippen LogP contribution in [0.2, 0.25) is 0 Å². The Morgan fingerprint density at radius 2 is 1.73 bits per heavy atom. The van der Waals surface area contributed by atoms with Gasteiger partial charge < -0.3 is 4.90 Å². The molecule has 0 aliphatic carbocycles. The second-order valence-electron chi connectivity index (χ2n) is 7.28. The fraction of sp³-hybridized carbons (Fsp3) is 0.350. The summed E-state index contributed by atoms with van der Waals surface area (Å²) in [5.41, 5.74) is -5.36. The fourth-order valence-corrected chi connectivity index (χ4v) is 4.06. The predicted octanol–water partition coefficient (Wildman–Crippen LogP) is 3.54. The molecule has 0 saturated carbocycles. The highest BCUT2D eigenvalue weighted by Crippen LogP contribution is 2.29. The molecule has 1 amide bonds. The highest BCUT2D eigenvalue weighted by molar-refractivity contribution is 7.92. The third-order valence-electron chi connectivity index (χ3n) is 5.12. The van der Waals surface area contributed by atoms with E-state index in [4.69, 9.17) is 0 Å². The topological polar surface area (TPSA) is 84.4 Å². The van der Waals surface area contributed by atoms with Gasteiger partial charge in [0, 0.05) is 36.8 Å². The minimum atomic E-state index is -5.44. The van der Waals surface area contributed by atoms with Gasteiger partial charge in [0.1, 0.15) is 5.69 Å². The first-order valence-corrected chi connectivity index (χ1v) is 11.1. The number of benzene rings is 1. The number of ketones is 1. The summed E-state index contributed by atoms with van der Waals surface area (Å²) in [7, 11) is -5.42. The predicted molar refractivity (Wildman–Crippen MR) is 103 cm³/mol. The molecule has 0 saturated heterocycles. The Morgan fingerprint density at radius 3 is 2.30 bits per heavy atom. The lowest BCUT2D eigenvalue weighted by Gasteiger charge is -2.30. The van der Waals surface area contributed by atoms with E-state index in [1.807, 2.05) is 0 Å². The number of pyridine rings is 1. The Morgan fingerprint density at radius 1 is 1.03 bits per heavy atom. The van der Waals surface area contributed by atoms with Crippen molar-refractivity contribution in [3.05, 3.63) is 64.5 Å². The van der Waals surface area contributed by atoms with Crippen molar-refractivity contribution < 1.29 is 44.3 Å². The van der Waals surface area contributed by atoms with Crippen molar-refractivity contribution in [1.82, 2.24) is 9.88 Å². The summed E-state index contributed by atoms with van der Waals surface area (Å²) in [4.78, 5) is 29.6. The molecule has 0 unspecified atom stereocenters. The number of nitrogens with zero attached hydrogens (tertiary/aromatic N) is 2. The number of sulfone groups is 1. The molecule has 1 aliphatic heterocycles. The quantitative estimate of drug-likeness (QED) is 0.469. The number of hydrogen-bond acceptors (Lipinski definition) is 5. The Labute approximate surface area is 184 Å². The molecule has 1 aromatic heterocycles. The van der Waals surface area contributed by atoms with Gasteiger partial charge in [-0.15, -0.1) is 0 Å². The van der Waals surface area contributed by atoms with Crippen molar-refractivity contribution in [3.8, 4) is 0 Å². The van der Waals surface area contributed by atoms with E-state index in [1.54, 1.807) is 6.07 Å². The van der Waals surface area contributed by atoms with Crippen LogP contribution in [0.5, 0.6) is 0 Å². The molecule has 2 heterocycles. The van der Waals surface area contributed by atoms with E-state index < -0.39 is 51.1 Å². The molecule has 0 atom stereocenters. The minimum absolute atomic E-state index is 0.0352. The molecule has 1 aliphatic rings. The average molecular weight is 494 g/mol. The number of fused-ring (bicyclic) bond motifs is 1. The molecule has 0 N–H and O–H groups in total. The molecule has 0 bridgehead atoms. The minimum Gasteiger partial charge on any atom is -0.338 e. The van der Waals surface area contributed by atoms with Gasteiger partial charge >= 0.3 is 11.7 Å². The molecule has 6 nitrogen and oxygen atoms in total. The number of carbonyl (C=O) groups is 2. The van der Waals surface area contributed by atoms with Crippen LogP contribution in [0, 0.1) is 0 Å².